The van der Waals surface area contributed by atoms with Crippen LogP contribution >= 0.6 is 0 Å². The van der Waals surface area contributed by atoms with Crippen LogP contribution in [-0.2, 0) is 30.4 Å². The number of rotatable bonds is 9. The van der Waals surface area contributed by atoms with Crippen LogP contribution in [0, 0.1) is 0 Å². The van der Waals surface area contributed by atoms with E-state index in [0.29, 0.717) is 42.2 Å². The predicted molar refractivity (Wildman–Crippen MR) is 118 cm³/mol. The van der Waals surface area contributed by atoms with Crippen LogP contribution in [0.5, 0.6) is 5.75 Å². The highest BCUT2D eigenvalue weighted by Gasteiger charge is 2.38. The molecular formula is C23H31N3O7. The van der Waals surface area contributed by atoms with E-state index in [1.165, 1.54) is 7.11 Å². The van der Waals surface area contributed by atoms with E-state index in [4.69, 9.17) is 18.9 Å². The number of urea groups is 1. The lowest BCUT2D eigenvalue weighted by molar-refractivity contribution is -0.145. The molecule has 2 heterocycles. The van der Waals surface area contributed by atoms with E-state index in [1.807, 2.05) is 11.0 Å². The SMILES string of the molecule is CCOC(=O)C1=C(CN2CCC[C@H]2C(=O)OC)NC(=O)N[C@H]1c1ccc(OC)c(COC)c1. The summed E-state index contributed by atoms with van der Waals surface area (Å²) in [4.78, 5) is 39.8. The van der Waals surface area contributed by atoms with E-state index in [9.17, 15) is 14.4 Å². The largest absolute Gasteiger partial charge is 0.496 e. The molecule has 2 atom stereocenters. The average molecular weight is 462 g/mol. The first-order valence-electron chi connectivity index (χ1n) is 10.9. The number of likely N-dealkylation sites (tertiary alicyclic amines) is 1. The monoisotopic (exact) mass is 461 g/mol. The average Bonchev–Trinajstić information content (AvgIpc) is 3.26. The van der Waals surface area contributed by atoms with Gasteiger partial charge in [0.15, 0.2) is 0 Å². The molecule has 0 saturated carbocycles. The van der Waals surface area contributed by atoms with E-state index in [1.54, 1.807) is 33.3 Å². The molecule has 1 aromatic carbocycles. The quantitative estimate of drug-likeness (QED) is 0.534. The standard InChI is InChI=1S/C23H31N3O7/c1-5-33-22(28)19-16(12-26-10-6-7-17(26)21(27)32-4)24-23(29)25-20(19)14-8-9-18(31-3)15(11-14)13-30-2/h8-9,11,17,20H,5-7,10,12-13H2,1-4H3,(H2,24,25,29)/t17-,20-/m0/s1. The number of amides is 2. The normalized spacial score (nSPS) is 20.8. The highest BCUT2D eigenvalue weighted by atomic mass is 16.5. The molecule has 2 amide bonds. The zero-order chi connectivity index (χ0) is 24.0. The van der Waals surface area contributed by atoms with Gasteiger partial charge in [0.2, 0.25) is 0 Å². The molecule has 0 spiro atoms. The van der Waals surface area contributed by atoms with Gasteiger partial charge in [0.1, 0.15) is 11.8 Å². The van der Waals surface area contributed by atoms with Crippen molar-refractivity contribution >= 4 is 18.0 Å². The summed E-state index contributed by atoms with van der Waals surface area (Å²) in [6.07, 6.45) is 1.47. The maximum absolute atomic E-state index is 13.0. The second kappa shape index (κ2) is 11.2. The summed E-state index contributed by atoms with van der Waals surface area (Å²) in [5.74, 6) is -0.231. The molecule has 2 aliphatic heterocycles. The van der Waals surface area contributed by atoms with E-state index in [0.717, 1.165) is 12.0 Å². The Morgan fingerprint density at radius 3 is 2.67 bits per heavy atom. The summed E-state index contributed by atoms with van der Waals surface area (Å²) in [5, 5.41) is 5.59. The van der Waals surface area contributed by atoms with Crippen LogP contribution in [0.25, 0.3) is 0 Å². The van der Waals surface area contributed by atoms with Gasteiger partial charge in [-0.25, -0.2) is 9.59 Å². The Balaban J connectivity index is 2.03. The Bertz CT molecular complexity index is 931. The summed E-state index contributed by atoms with van der Waals surface area (Å²) >= 11 is 0. The first kappa shape index (κ1) is 24.5. The van der Waals surface area contributed by atoms with Crippen molar-refractivity contribution in [2.45, 2.75) is 38.5 Å². The number of nitrogens with one attached hydrogen (secondary N) is 2. The van der Waals surface area contributed by atoms with Crippen LogP contribution in [0.1, 0.15) is 36.9 Å². The predicted octanol–water partition coefficient (Wildman–Crippen LogP) is 1.65. The maximum Gasteiger partial charge on any atom is 0.338 e. The highest BCUT2D eigenvalue weighted by molar-refractivity contribution is 5.95. The molecule has 1 fully saturated rings. The lowest BCUT2D eigenvalue weighted by atomic mass is 9.93. The fraction of sp³-hybridized carbons (Fsp3) is 0.522. The molecule has 33 heavy (non-hydrogen) atoms. The molecule has 10 nitrogen and oxygen atoms in total. The zero-order valence-corrected chi connectivity index (χ0v) is 19.4. The third-order valence-electron chi connectivity index (χ3n) is 5.78. The third kappa shape index (κ3) is 5.45. The minimum Gasteiger partial charge on any atom is -0.496 e. The van der Waals surface area contributed by atoms with Gasteiger partial charge in [-0.2, -0.15) is 0 Å². The molecule has 3 rings (SSSR count). The van der Waals surface area contributed by atoms with Crippen molar-refractivity contribution in [1.29, 1.82) is 0 Å². The minimum absolute atomic E-state index is 0.183. The Hall–Kier alpha value is -3.11. The van der Waals surface area contributed by atoms with E-state index < -0.39 is 24.1 Å². The van der Waals surface area contributed by atoms with Gasteiger partial charge in [-0.1, -0.05) is 6.07 Å². The number of esters is 2. The number of ether oxygens (including phenoxy) is 4. The molecule has 0 unspecified atom stereocenters. The first-order valence-corrected chi connectivity index (χ1v) is 10.9. The molecule has 180 valence electrons. The van der Waals surface area contributed by atoms with Gasteiger partial charge in [0.25, 0.3) is 0 Å². The van der Waals surface area contributed by atoms with Crippen LogP contribution in [0.2, 0.25) is 0 Å². The number of carbonyl (C=O) groups excluding carboxylic acids is 3. The van der Waals surface area contributed by atoms with Crippen molar-refractivity contribution < 1.29 is 33.3 Å². The molecule has 2 aliphatic rings. The topological polar surface area (TPSA) is 115 Å². The van der Waals surface area contributed by atoms with E-state index in [-0.39, 0.29) is 19.1 Å². The van der Waals surface area contributed by atoms with Crippen LogP contribution in [0.15, 0.2) is 29.5 Å². The summed E-state index contributed by atoms with van der Waals surface area (Å²) in [6.45, 7) is 3.06. The Kier molecular flexibility index (Phi) is 8.29. The number of methoxy groups -OCH3 is 3. The van der Waals surface area contributed by atoms with Gasteiger partial charge < -0.3 is 29.6 Å². The molecule has 1 saturated heterocycles. The third-order valence-corrected chi connectivity index (χ3v) is 5.78. The highest BCUT2D eigenvalue weighted by Crippen LogP contribution is 2.32. The molecule has 0 aromatic heterocycles. The molecule has 1 aromatic rings. The first-order chi connectivity index (χ1) is 15.9. The summed E-state index contributed by atoms with van der Waals surface area (Å²) < 4.78 is 20.9. The van der Waals surface area contributed by atoms with Crippen molar-refractivity contribution in [1.82, 2.24) is 15.5 Å². The molecule has 2 N–H and O–H groups in total. The van der Waals surface area contributed by atoms with Crippen molar-refractivity contribution in [3.63, 3.8) is 0 Å². The van der Waals surface area contributed by atoms with Gasteiger partial charge >= 0.3 is 18.0 Å². The van der Waals surface area contributed by atoms with Gasteiger partial charge in [-0.05, 0) is 44.0 Å². The Morgan fingerprint density at radius 2 is 2.00 bits per heavy atom. The van der Waals surface area contributed by atoms with Gasteiger partial charge in [-0.15, -0.1) is 0 Å². The van der Waals surface area contributed by atoms with Crippen molar-refractivity contribution in [3.05, 3.63) is 40.6 Å². The second-order valence-corrected chi connectivity index (χ2v) is 7.80. The molecule has 0 bridgehead atoms. The zero-order valence-electron chi connectivity index (χ0n) is 19.4. The van der Waals surface area contributed by atoms with E-state index >= 15 is 0 Å². The van der Waals surface area contributed by atoms with Crippen molar-refractivity contribution in [2.75, 3.05) is 41.0 Å². The minimum atomic E-state index is -0.742. The van der Waals surface area contributed by atoms with Crippen LogP contribution in [-0.4, -0.2) is 69.9 Å². The summed E-state index contributed by atoms with van der Waals surface area (Å²) in [6, 6.07) is 3.79. The number of hydrogen-bond donors (Lipinski definition) is 2. The maximum atomic E-state index is 13.0. The fourth-order valence-electron chi connectivity index (χ4n) is 4.31. The van der Waals surface area contributed by atoms with Gasteiger partial charge in [0, 0.05) is 24.9 Å². The van der Waals surface area contributed by atoms with Gasteiger partial charge in [0.05, 0.1) is 39.0 Å². The van der Waals surface area contributed by atoms with Crippen molar-refractivity contribution in [3.8, 4) is 5.75 Å². The van der Waals surface area contributed by atoms with Crippen molar-refractivity contribution in [2.24, 2.45) is 0 Å². The fourth-order valence-corrected chi connectivity index (χ4v) is 4.31. The van der Waals surface area contributed by atoms with E-state index in [2.05, 4.69) is 10.6 Å². The Labute approximate surface area is 193 Å². The summed E-state index contributed by atoms with van der Waals surface area (Å²) in [7, 11) is 4.50. The van der Waals surface area contributed by atoms with Crippen LogP contribution < -0.4 is 15.4 Å². The number of benzene rings is 1. The number of carbonyl (C=O) groups is 3. The number of nitrogens with zero attached hydrogens (tertiary/aromatic N) is 1. The molecule has 0 aliphatic carbocycles. The Morgan fingerprint density at radius 1 is 1.21 bits per heavy atom. The smallest absolute Gasteiger partial charge is 0.338 e. The second-order valence-electron chi connectivity index (χ2n) is 7.80. The molecular weight excluding hydrogens is 430 g/mol. The lowest BCUT2D eigenvalue weighted by Crippen LogP contribution is -2.49. The molecule has 10 heteroatoms. The van der Waals surface area contributed by atoms with Gasteiger partial charge in [-0.3, -0.25) is 9.69 Å². The van der Waals surface area contributed by atoms with Crippen LogP contribution in [0.3, 0.4) is 0 Å². The lowest BCUT2D eigenvalue weighted by Gasteiger charge is -2.32. The molecule has 0 radical (unpaired) electrons. The number of hydrogen-bond acceptors (Lipinski definition) is 8. The van der Waals surface area contributed by atoms with Crippen LogP contribution in [0.4, 0.5) is 4.79 Å². The summed E-state index contributed by atoms with van der Waals surface area (Å²) in [5.41, 5.74) is 2.16.